The molecular formula is C19H19F3N2O4. The highest BCUT2D eigenvalue weighted by Gasteiger charge is 2.30. The molecule has 1 aromatic rings. The molecule has 150 valence electrons. The molecule has 0 saturated carbocycles. The number of nitriles is 1. The Bertz CT molecular complexity index is 779. The lowest BCUT2D eigenvalue weighted by atomic mass is 9.97. The summed E-state index contributed by atoms with van der Waals surface area (Å²) < 4.78 is 38.0. The largest absolute Gasteiger partial charge is 0.478 e. The molecule has 0 unspecified atom stereocenters. The van der Waals surface area contributed by atoms with Crippen molar-refractivity contribution in [2.24, 2.45) is 0 Å². The zero-order valence-corrected chi connectivity index (χ0v) is 14.8. The first-order valence-electron chi connectivity index (χ1n) is 8.23. The van der Waals surface area contributed by atoms with Gasteiger partial charge in [0, 0.05) is 38.2 Å². The molecule has 2 N–H and O–H groups in total. The molecule has 2 rings (SSSR count). The van der Waals surface area contributed by atoms with E-state index in [1.165, 1.54) is 12.1 Å². The molecule has 0 fully saturated rings. The van der Waals surface area contributed by atoms with Crippen molar-refractivity contribution in [3.8, 4) is 6.07 Å². The van der Waals surface area contributed by atoms with E-state index in [0.29, 0.717) is 43.6 Å². The smallest absolute Gasteiger partial charge is 0.416 e. The van der Waals surface area contributed by atoms with Gasteiger partial charge in [-0.3, -0.25) is 4.90 Å². The number of aliphatic carboxylic acids is 2. The summed E-state index contributed by atoms with van der Waals surface area (Å²) in [6, 6.07) is 7.55. The Morgan fingerprint density at radius 1 is 1.21 bits per heavy atom. The average Bonchev–Trinajstić information content (AvgIpc) is 2.65. The summed E-state index contributed by atoms with van der Waals surface area (Å²) in [6.45, 7) is 2.18. The standard InChI is InChI=1S/C15H15F3N2.C4H4O4/c16-15(17,18)14-4-1-3-13(11-14)12-5-9-20(10-6-12)8-2-7-19;5-3(6)1-2-4(7)8/h1,3-5,11H,2,6,8-10H2;1-2H,(H,5,6)(H,7,8)/b;2-1-. The number of hydrogen-bond acceptors (Lipinski definition) is 4. The monoisotopic (exact) mass is 396 g/mol. The highest BCUT2D eigenvalue weighted by atomic mass is 19.4. The van der Waals surface area contributed by atoms with Crippen LogP contribution in [0.1, 0.15) is 24.0 Å². The molecule has 0 saturated heterocycles. The van der Waals surface area contributed by atoms with Gasteiger partial charge in [-0.1, -0.05) is 18.2 Å². The number of rotatable bonds is 5. The van der Waals surface area contributed by atoms with E-state index in [1.807, 2.05) is 6.08 Å². The normalized spacial score (nSPS) is 14.6. The van der Waals surface area contributed by atoms with Crippen LogP contribution in [0.2, 0.25) is 0 Å². The van der Waals surface area contributed by atoms with Gasteiger partial charge in [0.15, 0.2) is 0 Å². The Balaban J connectivity index is 0.000000416. The third kappa shape index (κ3) is 8.51. The topological polar surface area (TPSA) is 102 Å². The van der Waals surface area contributed by atoms with Gasteiger partial charge in [0.05, 0.1) is 11.6 Å². The first-order chi connectivity index (χ1) is 13.1. The van der Waals surface area contributed by atoms with Crippen molar-refractivity contribution in [1.82, 2.24) is 4.90 Å². The third-order valence-electron chi connectivity index (χ3n) is 3.76. The van der Waals surface area contributed by atoms with Crippen molar-refractivity contribution in [3.05, 3.63) is 53.6 Å². The zero-order chi connectivity index (χ0) is 21.2. The second-order valence-electron chi connectivity index (χ2n) is 5.78. The number of carbonyl (C=O) groups is 2. The lowest BCUT2D eigenvalue weighted by Crippen LogP contribution is -2.29. The first-order valence-corrected chi connectivity index (χ1v) is 8.23. The van der Waals surface area contributed by atoms with Crippen LogP contribution in [-0.4, -0.2) is 46.7 Å². The van der Waals surface area contributed by atoms with Crippen LogP contribution in [0.25, 0.3) is 5.57 Å². The molecule has 28 heavy (non-hydrogen) atoms. The van der Waals surface area contributed by atoms with Gasteiger partial charge < -0.3 is 10.2 Å². The fraction of sp³-hybridized carbons (Fsp3) is 0.316. The molecule has 0 spiro atoms. The van der Waals surface area contributed by atoms with Crippen molar-refractivity contribution < 1.29 is 33.0 Å². The van der Waals surface area contributed by atoms with E-state index in [1.54, 1.807) is 6.07 Å². The number of carboxylic acids is 2. The van der Waals surface area contributed by atoms with Crippen molar-refractivity contribution in [2.45, 2.75) is 19.0 Å². The molecule has 0 atom stereocenters. The molecule has 0 aliphatic carbocycles. The fourth-order valence-electron chi connectivity index (χ4n) is 2.42. The van der Waals surface area contributed by atoms with E-state index >= 15 is 0 Å². The number of alkyl halides is 3. The number of halogens is 3. The van der Waals surface area contributed by atoms with Gasteiger partial charge in [-0.25, -0.2) is 9.59 Å². The van der Waals surface area contributed by atoms with Crippen molar-refractivity contribution in [3.63, 3.8) is 0 Å². The van der Waals surface area contributed by atoms with Gasteiger partial charge in [-0.15, -0.1) is 0 Å². The van der Waals surface area contributed by atoms with Crippen molar-refractivity contribution >= 4 is 17.5 Å². The Morgan fingerprint density at radius 3 is 2.32 bits per heavy atom. The minimum atomic E-state index is -4.30. The van der Waals surface area contributed by atoms with Crippen LogP contribution in [0.15, 0.2) is 42.5 Å². The molecule has 1 heterocycles. The number of benzene rings is 1. The minimum Gasteiger partial charge on any atom is -0.478 e. The summed E-state index contributed by atoms with van der Waals surface area (Å²) in [5, 5.41) is 24.2. The van der Waals surface area contributed by atoms with Gasteiger partial charge in [0.2, 0.25) is 0 Å². The van der Waals surface area contributed by atoms with Crippen LogP contribution in [0.4, 0.5) is 13.2 Å². The number of hydrogen-bond donors (Lipinski definition) is 2. The summed E-state index contributed by atoms with van der Waals surface area (Å²) in [4.78, 5) is 21.2. The molecule has 0 aromatic heterocycles. The molecule has 1 aliphatic rings. The van der Waals surface area contributed by atoms with Gasteiger partial charge >= 0.3 is 18.1 Å². The highest BCUT2D eigenvalue weighted by Crippen LogP contribution is 2.32. The van der Waals surface area contributed by atoms with Crippen LogP contribution >= 0.6 is 0 Å². The van der Waals surface area contributed by atoms with Gasteiger partial charge in [-0.05, 0) is 29.7 Å². The summed E-state index contributed by atoms with van der Waals surface area (Å²) in [7, 11) is 0. The fourth-order valence-corrected chi connectivity index (χ4v) is 2.42. The summed E-state index contributed by atoms with van der Waals surface area (Å²) in [6.07, 6.45) is -0.0371. The number of carboxylic acid groups (broad SMARTS) is 2. The van der Waals surface area contributed by atoms with E-state index < -0.39 is 23.7 Å². The molecular weight excluding hydrogens is 377 g/mol. The van der Waals surface area contributed by atoms with Gasteiger partial charge in [0.1, 0.15) is 0 Å². The van der Waals surface area contributed by atoms with Crippen LogP contribution in [0.3, 0.4) is 0 Å². The molecule has 0 amide bonds. The SMILES string of the molecule is N#CCCN1CC=C(c2cccc(C(F)(F)F)c2)CC1.O=C(O)/C=C\C(=O)O. The average molecular weight is 396 g/mol. The Hall–Kier alpha value is -3.12. The summed E-state index contributed by atoms with van der Waals surface area (Å²) >= 11 is 0. The second-order valence-corrected chi connectivity index (χ2v) is 5.78. The maximum atomic E-state index is 12.7. The van der Waals surface area contributed by atoms with E-state index in [4.69, 9.17) is 15.5 Å². The second kappa shape index (κ2) is 10.9. The predicted molar refractivity (Wildman–Crippen MR) is 95.1 cm³/mol. The lowest BCUT2D eigenvalue weighted by molar-refractivity contribution is -0.137. The van der Waals surface area contributed by atoms with Crippen molar-refractivity contribution in [2.75, 3.05) is 19.6 Å². The van der Waals surface area contributed by atoms with Crippen molar-refractivity contribution in [1.29, 1.82) is 5.26 Å². The maximum Gasteiger partial charge on any atom is 0.416 e. The summed E-state index contributed by atoms with van der Waals surface area (Å²) in [5.74, 6) is -2.51. The molecule has 9 heteroatoms. The molecule has 0 bridgehead atoms. The molecule has 1 aliphatic heterocycles. The Kier molecular flexibility index (Phi) is 8.91. The highest BCUT2D eigenvalue weighted by molar-refractivity contribution is 5.89. The van der Waals surface area contributed by atoms with Gasteiger partial charge in [-0.2, -0.15) is 18.4 Å². The zero-order valence-electron chi connectivity index (χ0n) is 14.8. The first kappa shape index (κ1) is 22.9. The van der Waals surface area contributed by atoms with E-state index in [2.05, 4.69) is 11.0 Å². The van der Waals surface area contributed by atoms with Crippen LogP contribution < -0.4 is 0 Å². The summed E-state index contributed by atoms with van der Waals surface area (Å²) in [5.41, 5.74) is 0.979. The molecule has 6 nitrogen and oxygen atoms in total. The number of nitrogens with zero attached hydrogens (tertiary/aromatic N) is 2. The Labute approximate surface area is 159 Å². The van der Waals surface area contributed by atoms with E-state index in [0.717, 1.165) is 18.2 Å². The molecule has 0 radical (unpaired) electrons. The van der Waals surface area contributed by atoms with Crippen LogP contribution in [0.5, 0.6) is 0 Å². The Morgan fingerprint density at radius 2 is 1.86 bits per heavy atom. The predicted octanol–water partition coefficient (Wildman–Crippen LogP) is 3.42. The van der Waals surface area contributed by atoms with Crippen LogP contribution in [-0.2, 0) is 15.8 Å². The van der Waals surface area contributed by atoms with E-state index in [9.17, 15) is 22.8 Å². The lowest BCUT2D eigenvalue weighted by Gasteiger charge is -2.25. The third-order valence-corrected chi connectivity index (χ3v) is 3.76. The van der Waals surface area contributed by atoms with Crippen LogP contribution in [0, 0.1) is 11.3 Å². The quantitative estimate of drug-likeness (QED) is 0.740. The maximum absolute atomic E-state index is 12.7. The molecule has 1 aromatic carbocycles. The van der Waals surface area contributed by atoms with E-state index in [-0.39, 0.29) is 0 Å². The van der Waals surface area contributed by atoms with Gasteiger partial charge in [0.25, 0.3) is 0 Å². The minimum absolute atomic E-state index is 0.479.